The maximum absolute atomic E-state index is 12.3. The molecule has 2 aromatic heterocycles. The summed E-state index contributed by atoms with van der Waals surface area (Å²) in [5, 5.41) is 3.34. The van der Waals surface area contributed by atoms with E-state index in [0.29, 0.717) is 20.7 Å². The molecule has 1 N–H and O–H groups in total. The van der Waals surface area contributed by atoms with Gasteiger partial charge in [-0.25, -0.2) is 4.98 Å². The maximum atomic E-state index is 12.3. The second kappa shape index (κ2) is 5.72. The van der Waals surface area contributed by atoms with Crippen molar-refractivity contribution in [1.82, 2.24) is 9.38 Å². The lowest BCUT2D eigenvalue weighted by molar-refractivity contribution is 0.102. The predicted octanol–water partition coefficient (Wildman–Crippen LogP) is 3.62. The monoisotopic (exact) mass is 353 g/mol. The van der Waals surface area contributed by atoms with Crippen LogP contribution in [0.25, 0.3) is 4.96 Å². The number of rotatable bonds is 2. The van der Waals surface area contributed by atoms with E-state index in [1.54, 1.807) is 18.3 Å². The van der Waals surface area contributed by atoms with Gasteiger partial charge in [0.2, 0.25) is 0 Å². The highest BCUT2D eigenvalue weighted by Gasteiger charge is 2.15. The molecule has 5 nitrogen and oxygen atoms in total. The van der Waals surface area contributed by atoms with E-state index in [2.05, 4.69) is 10.3 Å². The van der Waals surface area contributed by atoms with Gasteiger partial charge in [0.25, 0.3) is 11.5 Å². The van der Waals surface area contributed by atoms with Crippen LogP contribution in [0.4, 0.5) is 5.69 Å². The third kappa shape index (κ3) is 2.72. The SMILES string of the molecule is Cc1cn2c(=O)c(C(=O)Nc3ccc(Cl)cc3Cl)cnc2s1. The number of thiazole rings is 1. The molecule has 0 aliphatic heterocycles. The normalized spacial score (nSPS) is 10.9. The highest BCUT2D eigenvalue weighted by atomic mass is 35.5. The Kier molecular flexibility index (Phi) is 3.90. The number of hydrogen-bond acceptors (Lipinski definition) is 4. The van der Waals surface area contributed by atoms with Crippen molar-refractivity contribution in [2.45, 2.75) is 6.92 Å². The molecule has 0 saturated heterocycles. The summed E-state index contributed by atoms with van der Waals surface area (Å²) in [6.07, 6.45) is 2.92. The first-order chi connectivity index (χ1) is 10.5. The van der Waals surface area contributed by atoms with Crippen LogP contribution in [0, 0.1) is 6.92 Å². The summed E-state index contributed by atoms with van der Waals surface area (Å²) in [6, 6.07) is 4.68. The lowest BCUT2D eigenvalue weighted by Gasteiger charge is -2.07. The van der Waals surface area contributed by atoms with Crippen LogP contribution in [0.1, 0.15) is 15.2 Å². The molecule has 1 aromatic carbocycles. The molecule has 0 bridgehead atoms. The highest BCUT2D eigenvalue weighted by molar-refractivity contribution is 7.16. The van der Waals surface area contributed by atoms with E-state index in [9.17, 15) is 9.59 Å². The number of carbonyl (C=O) groups excluding carboxylic acids is 1. The van der Waals surface area contributed by atoms with E-state index in [4.69, 9.17) is 23.2 Å². The van der Waals surface area contributed by atoms with Gasteiger partial charge in [-0.3, -0.25) is 14.0 Å². The Labute approximate surface area is 139 Å². The van der Waals surface area contributed by atoms with E-state index in [1.807, 2.05) is 6.92 Å². The van der Waals surface area contributed by atoms with Crippen molar-refractivity contribution < 1.29 is 4.79 Å². The molecule has 112 valence electrons. The number of carbonyl (C=O) groups is 1. The number of nitrogens with zero attached hydrogens (tertiary/aromatic N) is 2. The molecule has 2 heterocycles. The van der Waals surface area contributed by atoms with Crippen molar-refractivity contribution in [3.63, 3.8) is 0 Å². The number of nitrogens with one attached hydrogen (secondary N) is 1. The van der Waals surface area contributed by atoms with E-state index < -0.39 is 11.5 Å². The van der Waals surface area contributed by atoms with Crippen LogP contribution < -0.4 is 10.9 Å². The van der Waals surface area contributed by atoms with Crippen LogP contribution in [0.3, 0.4) is 0 Å². The van der Waals surface area contributed by atoms with Crippen LogP contribution in [-0.2, 0) is 0 Å². The fourth-order valence-corrected chi connectivity index (χ4v) is 3.17. The van der Waals surface area contributed by atoms with Crippen LogP contribution in [-0.4, -0.2) is 15.3 Å². The van der Waals surface area contributed by atoms with Gasteiger partial charge in [-0.2, -0.15) is 0 Å². The molecule has 0 fully saturated rings. The van der Waals surface area contributed by atoms with Gasteiger partial charge < -0.3 is 5.32 Å². The molecule has 0 unspecified atom stereocenters. The van der Waals surface area contributed by atoms with Crippen LogP contribution in [0.2, 0.25) is 10.0 Å². The Morgan fingerprint density at radius 2 is 2.14 bits per heavy atom. The van der Waals surface area contributed by atoms with Crippen LogP contribution >= 0.6 is 34.5 Å². The fourth-order valence-electron chi connectivity index (χ4n) is 1.93. The Bertz CT molecular complexity index is 949. The summed E-state index contributed by atoms with van der Waals surface area (Å²) in [7, 11) is 0. The van der Waals surface area contributed by atoms with Crippen molar-refractivity contribution in [3.8, 4) is 0 Å². The zero-order valence-corrected chi connectivity index (χ0v) is 13.6. The van der Waals surface area contributed by atoms with Crippen molar-refractivity contribution >= 4 is 51.1 Å². The Balaban J connectivity index is 1.98. The Hall–Kier alpha value is -1.89. The van der Waals surface area contributed by atoms with E-state index in [1.165, 1.54) is 28.0 Å². The lowest BCUT2D eigenvalue weighted by Crippen LogP contribution is -2.25. The molecule has 0 radical (unpaired) electrons. The average Bonchev–Trinajstić information content (AvgIpc) is 2.84. The minimum atomic E-state index is -0.569. The molecule has 3 aromatic rings. The lowest BCUT2D eigenvalue weighted by atomic mass is 10.2. The maximum Gasteiger partial charge on any atom is 0.271 e. The summed E-state index contributed by atoms with van der Waals surface area (Å²) in [5.41, 5.74) is -0.0969. The number of amides is 1. The first-order valence-corrected chi connectivity index (χ1v) is 7.77. The first-order valence-electron chi connectivity index (χ1n) is 6.20. The van der Waals surface area contributed by atoms with Gasteiger partial charge in [0, 0.05) is 22.3 Å². The smallest absolute Gasteiger partial charge is 0.271 e. The predicted molar refractivity (Wildman–Crippen MR) is 88.5 cm³/mol. The van der Waals surface area contributed by atoms with E-state index in [0.717, 1.165) is 4.88 Å². The average molecular weight is 354 g/mol. The summed E-state index contributed by atoms with van der Waals surface area (Å²) in [6.45, 7) is 1.87. The minimum Gasteiger partial charge on any atom is -0.320 e. The minimum absolute atomic E-state index is 0.0543. The first kappa shape index (κ1) is 15.0. The molecule has 0 aliphatic carbocycles. The Morgan fingerprint density at radius 3 is 2.86 bits per heavy atom. The molecular formula is C14H9Cl2N3O2S. The van der Waals surface area contributed by atoms with Crippen LogP contribution in [0.5, 0.6) is 0 Å². The molecule has 0 spiro atoms. The molecule has 0 saturated carbocycles. The topological polar surface area (TPSA) is 63.5 Å². The summed E-state index contributed by atoms with van der Waals surface area (Å²) >= 11 is 13.2. The van der Waals surface area contributed by atoms with Crippen LogP contribution in [0.15, 0.2) is 35.4 Å². The zero-order chi connectivity index (χ0) is 15.9. The molecule has 8 heteroatoms. The van der Waals surface area contributed by atoms with Gasteiger partial charge >= 0.3 is 0 Å². The number of aromatic nitrogens is 2. The second-order valence-corrected chi connectivity index (χ2v) is 6.61. The summed E-state index contributed by atoms with van der Waals surface area (Å²) in [4.78, 5) is 30.2. The summed E-state index contributed by atoms with van der Waals surface area (Å²) in [5.74, 6) is -0.569. The quantitative estimate of drug-likeness (QED) is 0.765. The molecule has 22 heavy (non-hydrogen) atoms. The number of fused-ring (bicyclic) bond motifs is 1. The summed E-state index contributed by atoms with van der Waals surface area (Å²) < 4.78 is 1.36. The van der Waals surface area contributed by atoms with Gasteiger partial charge in [0.15, 0.2) is 4.96 Å². The van der Waals surface area contributed by atoms with E-state index >= 15 is 0 Å². The van der Waals surface area contributed by atoms with Crippen molar-refractivity contribution in [1.29, 1.82) is 0 Å². The second-order valence-electron chi connectivity index (χ2n) is 4.55. The van der Waals surface area contributed by atoms with Gasteiger partial charge in [0.1, 0.15) is 5.56 Å². The van der Waals surface area contributed by atoms with Gasteiger partial charge in [-0.05, 0) is 25.1 Å². The van der Waals surface area contributed by atoms with Gasteiger partial charge in [-0.1, -0.05) is 23.2 Å². The van der Waals surface area contributed by atoms with Gasteiger partial charge in [-0.15, -0.1) is 11.3 Å². The van der Waals surface area contributed by atoms with E-state index in [-0.39, 0.29) is 5.56 Å². The zero-order valence-electron chi connectivity index (χ0n) is 11.3. The molecule has 3 rings (SSSR count). The fraction of sp³-hybridized carbons (Fsp3) is 0.0714. The third-order valence-corrected chi connectivity index (χ3v) is 4.41. The molecular weight excluding hydrogens is 345 g/mol. The molecule has 0 atom stereocenters. The number of benzene rings is 1. The molecule has 1 amide bonds. The number of halogens is 2. The largest absolute Gasteiger partial charge is 0.320 e. The molecule has 0 aliphatic rings. The highest BCUT2D eigenvalue weighted by Crippen LogP contribution is 2.25. The van der Waals surface area contributed by atoms with Crippen molar-refractivity contribution in [3.05, 3.63) is 61.4 Å². The number of aryl methyl sites for hydroxylation is 1. The third-order valence-electron chi connectivity index (χ3n) is 2.95. The van der Waals surface area contributed by atoms with Gasteiger partial charge in [0.05, 0.1) is 10.7 Å². The standard InChI is InChI=1S/C14H9Cl2N3O2S/c1-7-6-19-13(21)9(5-17-14(19)22-7)12(20)18-11-3-2-8(15)4-10(11)16/h2-6H,1H3,(H,18,20). The number of anilines is 1. The van der Waals surface area contributed by atoms with Crippen molar-refractivity contribution in [2.75, 3.05) is 5.32 Å². The number of hydrogen-bond donors (Lipinski definition) is 1. The van der Waals surface area contributed by atoms with Crippen molar-refractivity contribution in [2.24, 2.45) is 0 Å². The Morgan fingerprint density at radius 1 is 1.36 bits per heavy atom.